The molecule has 212 valence electrons. The van der Waals surface area contributed by atoms with Gasteiger partial charge in [-0.05, 0) is 72.8 Å². The highest BCUT2D eigenvalue weighted by atomic mass is 16.5. The van der Waals surface area contributed by atoms with E-state index in [2.05, 4.69) is 138 Å². The molecule has 5 aromatic heterocycles. The van der Waals surface area contributed by atoms with Crippen LogP contribution in [0, 0.1) is 13.8 Å². The molecule has 0 saturated heterocycles. The number of imidazole rings is 1. The van der Waals surface area contributed by atoms with Gasteiger partial charge < -0.3 is 4.74 Å². The normalized spacial score (nSPS) is 12.2. The van der Waals surface area contributed by atoms with Crippen LogP contribution in [0.25, 0.3) is 76.7 Å². The average molecular weight is 579 g/mol. The van der Waals surface area contributed by atoms with Crippen LogP contribution in [0.1, 0.15) is 11.4 Å². The maximum absolute atomic E-state index is 6.62. The number of nitrogens with zero attached hydrogens (tertiary/aromatic N) is 4. The molecule has 45 heavy (non-hydrogen) atoms. The fraction of sp³-hybridized carbons (Fsp3) is 0.0500. The van der Waals surface area contributed by atoms with Gasteiger partial charge in [0.1, 0.15) is 22.8 Å². The van der Waals surface area contributed by atoms with Gasteiger partial charge >= 0.3 is 0 Å². The minimum absolute atomic E-state index is 0.778. The van der Waals surface area contributed by atoms with Gasteiger partial charge in [-0.15, -0.1) is 0 Å². The van der Waals surface area contributed by atoms with E-state index < -0.39 is 0 Å². The Morgan fingerprint density at radius 2 is 1.29 bits per heavy atom. The van der Waals surface area contributed by atoms with Crippen molar-refractivity contribution >= 4 is 65.5 Å². The molecule has 10 rings (SSSR count). The summed E-state index contributed by atoms with van der Waals surface area (Å²) in [6, 6.07) is 40.5. The van der Waals surface area contributed by atoms with E-state index >= 15 is 0 Å². The number of benzene rings is 5. The minimum Gasteiger partial charge on any atom is -0.457 e. The lowest BCUT2D eigenvalue weighted by atomic mass is 10.0. The predicted octanol–water partition coefficient (Wildman–Crippen LogP) is 10.3. The Bertz CT molecular complexity index is 2810. The van der Waals surface area contributed by atoms with Crippen LogP contribution in [-0.2, 0) is 0 Å². The van der Waals surface area contributed by atoms with E-state index in [1.165, 1.54) is 54.5 Å². The zero-order valence-electron chi connectivity index (χ0n) is 24.7. The van der Waals surface area contributed by atoms with Crippen molar-refractivity contribution in [1.29, 1.82) is 0 Å². The SMILES string of the molecule is Cc1nc2c3cc(Oc4ccc5c6cccc7c8c(-c9ccccc9)ccnc8n(c5c4)c67)ccc3c3ccccc3n2c1C. The van der Waals surface area contributed by atoms with E-state index in [9.17, 15) is 0 Å². The summed E-state index contributed by atoms with van der Waals surface area (Å²) in [6.45, 7) is 4.21. The van der Waals surface area contributed by atoms with E-state index in [1.54, 1.807) is 0 Å². The van der Waals surface area contributed by atoms with Crippen LogP contribution >= 0.6 is 0 Å². The van der Waals surface area contributed by atoms with Crippen LogP contribution in [-0.4, -0.2) is 18.8 Å². The molecule has 0 atom stereocenters. The van der Waals surface area contributed by atoms with E-state index in [1.807, 2.05) is 6.20 Å². The molecule has 0 aliphatic heterocycles. The Hall–Kier alpha value is -5.94. The second kappa shape index (κ2) is 8.80. The van der Waals surface area contributed by atoms with Crippen molar-refractivity contribution in [2.75, 3.05) is 0 Å². The highest BCUT2D eigenvalue weighted by Gasteiger charge is 2.21. The average Bonchev–Trinajstić information content (AvgIpc) is 3.71. The van der Waals surface area contributed by atoms with Crippen LogP contribution in [0.5, 0.6) is 11.5 Å². The predicted molar refractivity (Wildman–Crippen MR) is 184 cm³/mol. The lowest BCUT2D eigenvalue weighted by Crippen LogP contribution is -1.94. The van der Waals surface area contributed by atoms with Crippen LogP contribution < -0.4 is 4.74 Å². The lowest BCUT2D eigenvalue weighted by molar-refractivity contribution is 0.484. The molecule has 5 heterocycles. The molecule has 5 nitrogen and oxygen atoms in total. The summed E-state index contributed by atoms with van der Waals surface area (Å²) < 4.78 is 11.2. The van der Waals surface area contributed by atoms with Crippen LogP contribution in [0.4, 0.5) is 0 Å². The molecule has 0 aliphatic rings. The van der Waals surface area contributed by atoms with E-state index in [-0.39, 0.29) is 0 Å². The van der Waals surface area contributed by atoms with E-state index in [0.717, 1.165) is 45.1 Å². The molecule has 10 aromatic rings. The van der Waals surface area contributed by atoms with Crippen LogP contribution in [0.15, 0.2) is 121 Å². The van der Waals surface area contributed by atoms with Gasteiger partial charge in [0.05, 0.1) is 22.2 Å². The number of hydrogen-bond acceptors (Lipinski definition) is 3. The van der Waals surface area contributed by atoms with Crippen molar-refractivity contribution in [3.8, 4) is 22.6 Å². The molecule has 0 spiro atoms. The van der Waals surface area contributed by atoms with Gasteiger partial charge in [0.2, 0.25) is 0 Å². The zero-order valence-corrected chi connectivity index (χ0v) is 24.7. The third-order valence-electron chi connectivity index (χ3n) is 9.50. The Balaban J connectivity index is 1.18. The molecule has 0 fully saturated rings. The fourth-order valence-electron chi connectivity index (χ4n) is 7.40. The fourth-order valence-corrected chi connectivity index (χ4v) is 7.40. The second-order valence-corrected chi connectivity index (χ2v) is 11.9. The number of aryl methyl sites for hydroxylation is 2. The smallest absolute Gasteiger partial charge is 0.146 e. The monoisotopic (exact) mass is 578 g/mol. The Labute approximate surface area is 257 Å². The third kappa shape index (κ3) is 3.27. The summed E-state index contributed by atoms with van der Waals surface area (Å²) in [6.07, 6.45) is 1.92. The first-order valence-corrected chi connectivity index (χ1v) is 15.3. The first-order chi connectivity index (χ1) is 22.2. The first-order valence-electron chi connectivity index (χ1n) is 15.3. The number of aromatic nitrogens is 4. The molecule has 0 saturated carbocycles. The highest BCUT2D eigenvalue weighted by Crippen LogP contribution is 2.43. The maximum atomic E-state index is 6.62. The molecule has 0 bridgehead atoms. The molecule has 5 aromatic carbocycles. The summed E-state index contributed by atoms with van der Waals surface area (Å²) >= 11 is 0. The van der Waals surface area contributed by atoms with Gasteiger partial charge in [0.15, 0.2) is 0 Å². The van der Waals surface area contributed by atoms with E-state index in [0.29, 0.717) is 0 Å². The Kier molecular flexibility index (Phi) is 4.79. The lowest BCUT2D eigenvalue weighted by Gasteiger charge is -2.12. The van der Waals surface area contributed by atoms with Crippen molar-refractivity contribution in [3.05, 3.63) is 133 Å². The van der Waals surface area contributed by atoms with Crippen LogP contribution in [0.3, 0.4) is 0 Å². The van der Waals surface area contributed by atoms with Crippen molar-refractivity contribution in [2.24, 2.45) is 0 Å². The molecule has 0 radical (unpaired) electrons. The molecule has 0 amide bonds. The molecular formula is C40H26N4O. The van der Waals surface area contributed by atoms with Gasteiger partial charge in [-0.25, -0.2) is 9.97 Å². The summed E-state index contributed by atoms with van der Waals surface area (Å²) in [4.78, 5) is 9.91. The summed E-state index contributed by atoms with van der Waals surface area (Å²) in [5.41, 5.74) is 9.92. The maximum Gasteiger partial charge on any atom is 0.146 e. The molecule has 0 aliphatic carbocycles. The molecule has 5 heteroatoms. The van der Waals surface area contributed by atoms with Gasteiger partial charge in [0, 0.05) is 50.3 Å². The number of fused-ring (bicyclic) bond motifs is 12. The first kappa shape index (κ1) is 24.5. The Morgan fingerprint density at radius 1 is 0.556 bits per heavy atom. The second-order valence-electron chi connectivity index (χ2n) is 11.9. The number of pyridine rings is 2. The van der Waals surface area contributed by atoms with Crippen LogP contribution in [0.2, 0.25) is 0 Å². The van der Waals surface area contributed by atoms with Crippen molar-refractivity contribution < 1.29 is 4.74 Å². The largest absolute Gasteiger partial charge is 0.457 e. The zero-order chi connectivity index (χ0) is 29.8. The number of rotatable bonds is 3. The van der Waals surface area contributed by atoms with Crippen molar-refractivity contribution in [3.63, 3.8) is 0 Å². The summed E-state index contributed by atoms with van der Waals surface area (Å²) in [5.74, 6) is 1.56. The number of para-hydroxylation sites is 2. The van der Waals surface area contributed by atoms with Gasteiger partial charge in [-0.2, -0.15) is 0 Å². The van der Waals surface area contributed by atoms with Crippen molar-refractivity contribution in [2.45, 2.75) is 13.8 Å². The number of ether oxygens (including phenoxy) is 1. The standard InChI is InChI=1S/C40H26N4O/c1-23-24(2)43-35-14-7-6-11-30(35)29-17-15-26(21-34(29)39(43)42-23)45-27-16-18-31-32-12-8-13-33-37-28(25-9-4-3-5-10-25)19-20-41-40(37)44(38(32)33)36(31)22-27/h3-22H,1-2H3. The molecule has 0 N–H and O–H groups in total. The summed E-state index contributed by atoms with van der Waals surface area (Å²) in [5, 5.41) is 8.24. The molecule has 0 unspecified atom stereocenters. The number of hydrogen-bond donors (Lipinski definition) is 0. The van der Waals surface area contributed by atoms with Crippen molar-refractivity contribution in [1.82, 2.24) is 18.8 Å². The van der Waals surface area contributed by atoms with E-state index in [4.69, 9.17) is 14.7 Å². The summed E-state index contributed by atoms with van der Waals surface area (Å²) in [7, 11) is 0. The molecular weight excluding hydrogens is 552 g/mol. The van der Waals surface area contributed by atoms with Gasteiger partial charge in [0.25, 0.3) is 0 Å². The van der Waals surface area contributed by atoms with Gasteiger partial charge in [-0.1, -0.05) is 66.7 Å². The van der Waals surface area contributed by atoms with Gasteiger partial charge in [-0.3, -0.25) is 8.80 Å². The quantitative estimate of drug-likeness (QED) is 0.196. The topological polar surface area (TPSA) is 43.8 Å². The Morgan fingerprint density at radius 3 is 2.18 bits per heavy atom. The third-order valence-corrected chi connectivity index (χ3v) is 9.50. The minimum atomic E-state index is 0.778. The highest BCUT2D eigenvalue weighted by molar-refractivity contribution is 6.25.